The van der Waals surface area contributed by atoms with Crippen LogP contribution in [0.5, 0.6) is 0 Å². The third-order valence-corrected chi connectivity index (χ3v) is 13.9. The number of aryl methyl sites for hydroxylation is 4. The van der Waals surface area contributed by atoms with Crippen LogP contribution in [0.2, 0.25) is 0 Å². The average molecular weight is 927 g/mol. The maximum atomic E-state index is 5.15. The molecule has 0 N–H and O–H groups in total. The summed E-state index contributed by atoms with van der Waals surface area (Å²) in [4.78, 5) is 30.5. The van der Waals surface area contributed by atoms with Gasteiger partial charge in [0.15, 0.2) is 34.9 Å². The highest BCUT2D eigenvalue weighted by Crippen LogP contribution is 2.44. The Kier molecular flexibility index (Phi) is 10.2. The van der Waals surface area contributed by atoms with E-state index in [1.165, 1.54) is 21.5 Å². The van der Waals surface area contributed by atoms with Crippen LogP contribution in [0.1, 0.15) is 22.3 Å². The van der Waals surface area contributed by atoms with Crippen LogP contribution in [0, 0.1) is 27.7 Å². The molecule has 0 spiro atoms. The predicted octanol–water partition coefficient (Wildman–Crippen LogP) is 15.5. The van der Waals surface area contributed by atoms with E-state index in [0.717, 1.165) is 89.1 Å². The van der Waals surface area contributed by atoms with Gasteiger partial charge < -0.3 is 9.13 Å². The first-order valence-corrected chi connectivity index (χ1v) is 24.3. The first kappa shape index (κ1) is 42.7. The van der Waals surface area contributed by atoms with E-state index in [1.54, 1.807) is 0 Å². The van der Waals surface area contributed by atoms with Crippen LogP contribution in [-0.2, 0) is 0 Å². The normalized spacial score (nSPS) is 11.6. The van der Waals surface area contributed by atoms with Gasteiger partial charge in [-0.1, -0.05) is 164 Å². The molecule has 4 heterocycles. The number of aromatic nitrogens is 8. The summed E-state index contributed by atoms with van der Waals surface area (Å²) in [5, 5.41) is 4.75. The van der Waals surface area contributed by atoms with Gasteiger partial charge in [-0.15, -0.1) is 0 Å². The van der Waals surface area contributed by atoms with Crippen LogP contribution in [0.25, 0.3) is 123 Å². The minimum absolute atomic E-state index is 0.642. The number of benzene rings is 9. The molecular weight excluding hydrogens is 881 g/mol. The number of hydrogen-bond acceptors (Lipinski definition) is 6. The first-order chi connectivity index (χ1) is 35.4. The highest BCUT2D eigenvalue weighted by atomic mass is 15.1. The van der Waals surface area contributed by atoms with Gasteiger partial charge >= 0.3 is 0 Å². The summed E-state index contributed by atoms with van der Waals surface area (Å²) in [5.74, 6) is 3.87. The van der Waals surface area contributed by atoms with E-state index in [9.17, 15) is 0 Å². The molecule has 13 rings (SSSR count). The second kappa shape index (κ2) is 17.2. The zero-order valence-corrected chi connectivity index (χ0v) is 40.2. The molecule has 8 heteroatoms. The molecule has 8 nitrogen and oxygen atoms in total. The highest BCUT2D eigenvalue weighted by molar-refractivity contribution is 6.26. The molecule has 0 saturated carbocycles. The molecule has 0 saturated heterocycles. The molecule has 9 aromatic carbocycles. The Morgan fingerprint density at radius 1 is 0.278 bits per heavy atom. The molecule has 0 aliphatic carbocycles. The lowest BCUT2D eigenvalue weighted by Gasteiger charge is -2.16. The third-order valence-electron chi connectivity index (χ3n) is 13.9. The van der Waals surface area contributed by atoms with Crippen LogP contribution in [-0.4, -0.2) is 39.0 Å². The predicted molar refractivity (Wildman–Crippen MR) is 293 cm³/mol. The fraction of sp³-hybridized carbons (Fsp3) is 0.0625. The number of nitrogens with zero attached hydrogens (tertiary/aromatic N) is 8. The van der Waals surface area contributed by atoms with Crippen molar-refractivity contribution in [3.63, 3.8) is 0 Å². The van der Waals surface area contributed by atoms with E-state index in [2.05, 4.69) is 146 Å². The molecule has 72 heavy (non-hydrogen) atoms. The lowest BCUT2D eigenvalue weighted by Crippen LogP contribution is -2.04. The van der Waals surface area contributed by atoms with E-state index in [-0.39, 0.29) is 0 Å². The molecule has 0 bridgehead atoms. The topological polar surface area (TPSA) is 87.2 Å². The van der Waals surface area contributed by atoms with E-state index in [0.29, 0.717) is 34.9 Å². The Labute approximate surface area is 416 Å². The van der Waals surface area contributed by atoms with Crippen LogP contribution in [0.4, 0.5) is 0 Å². The Morgan fingerprint density at radius 3 is 1.03 bits per heavy atom. The standard InChI is InChI=1S/C64H46N8/c1-39-35-47(36-40(2)55(39)63-67-59(43-21-9-5-10-22-43)65-60(68-63)44-23-11-6-12-24-44)71-53-32-20-18-30-51(53)57-54(71)34-33-50-49-29-17-19-31-52(49)72(58(50)57)48-37-41(3)56(42(4)38-48)64-69-61(45-25-13-7-14-26-45)66-62(70-64)46-27-15-8-16-28-46/h5-38H,1-4H3. The van der Waals surface area contributed by atoms with Gasteiger partial charge in [0, 0.05) is 66.3 Å². The monoisotopic (exact) mass is 926 g/mol. The van der Waals surface area contributed by atoms with Crippen molar-refractivity contribution < 1.29 is 0 Å². The quantitative estimate of drug-likeness (QED) is 0.151. The number of hydrogen-bond donors (Lipinski definition) is 0. The fourth-order valence-corrected chi connectivity index (χ4v) is 10.7. The van der Waals surface area contributed by atoms with Crippen molar-refractivity contribution in [3.05, 3.63) is 229 Å². The van der Waals surface area contributed by atoms with Crippen molar-refractivity contribution in [1.29, 1.82) is 0 Å². The van der Waals surface area contributed by atoms with Gasteiger partial charge in [0.2, 0.25) is 0 Å². The van der Waals surface area contributed by atoms with Gasteiger partial charge in [0.1, 0.15) is 0 Å². The van der Waals surface area contributed by atoms with Crippen molar-refractivity contribution in [2.24, 2.45) is 0 Å². The molecule has 0 radical (unpaired) electrons. The SMILES string of the molecule is Cc1cc(-n2c3ccccc3c3c2ccc2c4ccccc4n(-c4cc(C)c(-c5nc(-c6ccccc6)nc(-c6ccccc6)n5)c(C)c4)c23)cc(C)c1-c1nc(-c2ccccc2)nc(-c2ccccc2)n1. The van der Waals surface area contributed by atoms with Crippen molar-refractivity contribution in [2.75, 3.05) is 0 Å². The summed E-state index contributed by atoms with van der Waals surface area (Å²) < 4.78 is 4.88. The lowest BCUT2D eigenvalue weighted by molar-refractivity contribution is 1.06. The van der Waals surface area contributed by atoms with E-state index >= 15 is 0 Å². The third kappa shape index (κ3) is 7.14. The van der Waals surface area contributed by atoms with Gasteiger partial charge in [-0.05, 0) is 92.4 Å². The van der Waals surface area contributed by atoms with Crippen LogP contribution >= 0.6 is 0 Å². The van der Waals surface area contributed by atoms with Crippen molar-refractivity contribution in [3.8, 4) is 79.7 Å². The molecule has 0 fully saturated rings. The van der Waals surface area contributed by atoms with E-state index in [1.807, 2.05) is 97.1 Å². The molecule has 0 amide bonds. The summed E-state index contributed by atoms with van der Waals surface area (Å²) in [6.45, 7) is 8.68. The van der Waals surface area contributed by atoms with Gasteiger partial charge in [0.25, 0.3) is 0 Å². The zero-order valence-electron chi connectivity index (χ0n) is 40.2. The second-order valence-corrected chi connectivity index (χ2v) is 18.5. The Bertz CT molecular complexity index is 4080. The maximum absolute atomic E-state index is 5.15. The number of para-hydroxylation sites is 2. The molecule has 342 valence electrons. The Morgan fingerprint density at radius 2 is 0.611 bits per heavy atom. The van der Waals surface area contributed by atoms with Crippen molar-refractivity contribution in [2.45, 2.75) is 27.7 Å². The fourth-order valence-electron chi connectivity index (χ4n) is 10.7. The number of rotatable bonds is 8. The van der Waals surface area contributed by atoms with Gasteiger partial charge in [-0.3, -0.25) is 0 Å². The molecule has 0 atom stereocenters. The minimum Gasteiger partial charge on any atom is -0.309 e. The highest BCUT2D eigenvalue weighted by Gasteiger charge is 2.24. The van der Waals surface area contributed by atoms with Crippen LogP contribution < -0.4 is 0 Å². The van der Waals surface area contributed by atoms with Crippen molar-refractivity contribution >= 4 is 43.6 Å². The van der Waals surface area contributed by atoms with Gasteiger partial charge in [0.05, 0.1) is 22.1 Å². The smallest absolute Gasteiger partial charge is 0.164 e. The summed E-state index contributed by atoms with van der Waals surface area (Å²) in [7, 11) is 0. The zero-order chi connectivity index (χ0) is 48.5. The summed E-state index contributed by atoms with van der Waals surface area (Å²) >= 11 is 0. The van der Waals surface area contributed by atoms with Crippen molar-refractivity contribution in [1.82, 2.24) is 39.0 Å². The first-order valence-electron chi connectivity index (χ1n) is 24.3. The Balaban J connectivity index is 0.994. The molecule has 13 aromatic rings. The van der Waals surface area contributed by atoms with Crippen LogP contribution in [0.3, 0.4) is 0 Å². The average Bonchev–Trinajstić information content (AvgIpc) is 3.95. The molecule has 4 aromatic heterocycles. The maximum Gasteiger partial charge on any atom is 0.164 e. The summed E-state index contributed by atoms with van der Waals surface area (Å²) in [6.07, 6.45) is 0. The van der Waals surface area contributed by atoms with Crippen LogP contribution in [0.15, 0.2) is 206 Å². The lowest BCUT2D eigenvalue weighted by atomic mass is 10.00. The van der Waals surface area contributed by atoms with E-state index in [4.69, 9.17) is 29.9 Å². The molecule has 0 unspecified atom stereocenters. The largest absolute Gasteiger partial charge is 0.309 e. The van der Waals surface area contributed by atoms with Gasteiger partial charge in [-0.25, -0.2) is 29.9 Å². The summed E-state index contributed by atoms with van der Waals surface area (Å²) in [5.41, 5.74) is 16.8. The molecular formula is C64H46N8. The second-order valence-electron chi connectivity index (χ2n) is 18.5. The number of fused-ring (bicyclic) bond motifs is 7. The van der Waals surface area contributed by atoms with Gasteiger partial charge in [-0.2, -0.15) is 0 Å². The molecule has 0 aliphatic rings. The summed E-state index contributed by atoms with van der Waals surface area (Å²) in [6, 6.07) is 71.9. The Hall–Kier alpha value is -9.40. The molecule has 0 aliphatic heterocycles. The van der Waals surface area contributed by atoms with E-state index < -0.39 is 0 Å². The minimum atomic E-state index is 0.642.